The average Bonchev–Trinajstić information content (AvgIpc) is 2.74. The van der Waals surface area contributed by atoms with Gasteiger partial charge in [0.05, 0.1) is 24.3 Å². The van der Waals surface area contributed by atoms with Crippen LogP contribution in [0.4, 0.5) is 18.9 Å². The van der Waals surface area contributed by atoms with E-state index < -0.39 is 17.6 Å². The number of alkyl halides is 3. The molecule has 2 fully saturated rings. The number of benzene rings is 1. The lowest BCUT2D eigenvalue weighted by Gasteiger charge is -2.38. The quantitative estimate of drug-likeness (QED) is 0.709. The Morgan fingerprint density at radius 2 is 1.56 bits per heavy atom. The summed E-state index contributed by atoms with van der Waals surface area (Å²) in [6.45, 7) is 4.29. The van der Waals surface area contributed by atoms with E-state index in [2.05, 4.69) is 29.2 Å². The van der Waals surface area contributed by atoms with Gasteiger partial charge in [0.1, 0.15) is 0 Å². The van der Waals surface area contributed by atoms with Crippen LogP contribution in [0.2, 0.25) is 0 Å². The smallest absolute Gasteiger partial charge is 0.339 e. The van der Waals surface area contributed by atoms with Crippen LogP contribution in [-0.2, 0) is 15.8 Å². The molecule has 0 saturated carbocycles. The van der Waals surface area contributed by atoms with Crippen molar-refractivity contribution < 1.29 is 22.8 Å². The second kappa shape index (κ2) is 10.6. The Hall–Kier alpha value is -2.17. The third-order valence-electron chi connectivity index (χ3n) is 6.25. The molecule has 1 aromatic rings. The number of carbonyl (C=O) groups excluding carboxylic acids is 2. The Morgan fingerprint density at radius 1 is 0.969 bits per heavy atom. The maximum atomic E-state index is 13.1. The lowest BCUT2D eigenvalue weighted by atomic mass is 10.0. The molecule has 0 aromatic heterocycles. The lowest BCUT2D eigenvalue weighted by molar-refractivity contribution is -0.137. The van der Waals surface area contributed by atoms with Crippen LogP contribution in [0.1, 0.15) is 18.4 Å². The molecule has 0 spiro atoms. The van der Waals surface area contributed by atoms with E-state index in [0.717, 1.165) is 32.0 Å². The molecule has 1 aromatic carbocycles. The highest BCUT2D eigenvalue weighted by Gasteiger charge is 2.34. The number of amides is 2. The molecule has 0 aliphatic carbocycles. The first kappa shape index (κ1) is 24.5. The minimum atomic E-state index is -4.53. The third kappa shape index (κ3) is 6.66. The number of hydrogen-bond acceptors (Lipinski definition) is 5. The predicted octanol–water partition coefficient (Wildman–Crippen LogP) is 1.81. The van der Waals surface area contributed by atoms with Crippen molar-refractivity contribution in [1.82, 2.24) is 19.6 Å². The van der Waals surface area contributed by atoms with Crippen molar-refractivity contribution in [3.8, 4) is 0 Å². The van der Waals surface area contributed by atoms with Gasteiger partial charge in [0, 0.05) is 45.3 Å². The van der Waals surface area contributed by atoms with Crippen molar-refractivity contribution in [2.45, 2.75) is 25.1 Å². The number of piperazine rings is 1. The zero-order valence-corrected chi connectivity index (χ0v) is 18.7. The zero-order chi connectivity index (χ0) is 23.3. The second-order valence-electron chi connectivity index (χ2n) is 8.72. The van der Waals surface area contributed by atoms with Gasteiger partial charge in [0.2, 0.25) is 11.8 Å². The normalized spacial score (nSPS) is 19.4. The molecule has 2 heterocycles. The van der Waals surface area contributed by atoms with Crippen molar-refractivity contribution in [1.29, 1.82) is 0 Å². The molecule has 3 rings (SSSR count). The number of carbonyl (C=O) groups is 2. The van der Waals surface area contributed by atoms with Gasteiger partial charge in [0.25, 0.3) is 0 Å². The fourth-order valence-electron chi connectivity index (χ4n) is 4.27. The van der Waals surface area contributed by atoms with Gasteiger partial charge in [-0.25, -0.2) is 0 Å². The van der Waals surface area contributed by atoms with Crippen molar-refractivity contribution in [2.75, 3.05) is 71.8 Å². The van der Waals surface area contributed by atoms with Gasteiger partial charge in [-0.05, 0) is 39.1 Å². The molecule has 0 bridgehead atoms. The Morgan fingerprint density at radius 3 is 2.16 bits per heavy atom. The number of para-hydroxylation sites is 1. The fraction of sp³-hybridized carbons (Fsp3) is 0.636. The molecule has 0 radical (unpaired) electrons. The summed E-state index contributed by atoms with van der Waals surface area (Å²) in [4.78, 5) is 33.1. The molecule has 32 heavy (non-hydrogen) atoms. The van der Waals surface area contributed by atoms with Gasteiger partial charge in [0.15, 0.2) is 0 Å². The number of nitrogens with zero attached hydrogens (tertiary/aromatic N) is 4. The number of rotatable bonds is 6. The Labute approximate surface area is 187 Å². The summed E-state index contributed by atoms with van der Waals surface area (Å²) in [7, 11) is 4.17. The number of likely N-dealkylation sites (tertiary alicyclic amines) is 1. The van der Waals surface area contributed by atoms with Crippen LogP contribution in [0.3, 0.4) is 0 Å². The van der Waals surface area contributed by atoms with Gasteiger partial charge in [-0.2, -0.15) is 13.2 Å². The first-order valence-corrected chi connectivity index (χ1v) is 11.0. The van der Waals surface area contributed by atoms with E-state index in [9.17, 15) is 22.8 Å². The number of hydrogen-bond donors (Lipinski definition) is 1. The minimum Gasteiger partial charge on any atom is -0.339 e. The van der Waals surface area contributed by atoms with E-state index in [-0.39, 0.29) is 18.1 Å². The highest BCUT2D eigenvalue weighted by Crippen LogP contribution is 2.34. The standard InChI is InChI=1S/C22H32F3N5O2/c1-27(2)17-7-9-28(10-8-17)16-21(32)30-13-11-29(12-14-30)15-20(31)26-19-6-4-3-5-18(19)22(23,24)25/h3-6,17H,7-16H2,1-2H3,(H,26,31). The molecule has 1 N–H and O–H groups in total. The molecule has 2 amide bonds. The molecule has 0 unspecified atom stereocenters. The maximum Gasteiger partial charge on any atom is 0.418 e. The number of anilines is 1. The monoisotopic (exact) mass is 455 g/mol. The van der Waals surface area contributed by atoms with Gasteiger partial charge < -0.3 is 15.1 Å². The molecule has 0 atom stereocenters. The van der Waals surface area contributed by atoms with Gasteiger partial charge in [-0.3, -0.25) is 19.4 Å². The van der Waals surface area contributed by atoms with Gasteiger partial charge >= 0.3 is 6.18 Å². The molecule has 7 nitrogen and oxygen atoms in total. The number of nitrogens with one attached hydrogen (secondary N) is 1. The third-order valence-corrected chi connectivity index (χ3v) is 6.25. The predicted molar refractivity (Wildman–Crippen MR) is 116 cm³/mol. The highest BCUT2D eigenvalue weighted by molar-refractivity contribution is 5.93. The van der Waals surface area contributed by atoms with E-state index >= 15 is 0 Å². The fourth-order valence-corrected chi connectivity index (χ4v) is 4.27. The topological polar surface area (TPSA) is 59.1 Å². The molecule has 2 saturated heterocycles. The molecule has 2 aliphatic rings. The van der Waals surface area contributed by atoms with Crippen LogP contribution < -0.4 is 5.32 Å². The summed E-state index contributed by atoms with van der Waals surface area (Å²) in [6.07, 6.45) is -2.42. The van der Waals surface area contributed by atoms with Gasteiger partial charge in [-0.15, -0.1) is 0 Å². The van der Waals surface area contributed by atoms with Crippen LogP contribution >= 0.6 is 0 Å². The maximum absolute atomic E-state index is 13.1. The summed E-state index contributed by atoms with van der Waals surface area (Å²) >= 11 is 0. The van der Waals surface area contributed by atoms with Crippen molar-refractivity contribution in [3.05, 3.63) is 29.8 Å². The first-order valence-electron chi connectivity index (χ1n) is 11.0. The minimum absolute atomic E-state index is 0.00767. The van der Waals surface area contributed by atoms with E-state index in [1.165, 1.54) is 18.2 Å². The second-order valence-corrected chi connectivity index (χ2v) is 8.72. The summed E-state index contributed by atoms with van der Waals surface area (Å²) in [5.74, 6) is -0.401. The number of piperidine rings is 1. The average molecular weight is 456 g/mol. The largest absolute Gasteiger partial charge is 0.418 e. The summed E-state index contributed by atoms with van der Waals surface area (Å²) in [5, 5.41) is 2.37. The van der Waals surface area contributed by atoms with Gasteiger partial charge in [-0.1, -0.05) is 12.1 Å². The Kier molecular flexibility index (Phi) is 8.13. The molecule has 2 aliphatic heterocycles. The summed E-state index contributed by atoms with van der Waals surface area (Å²) in [5.41, 5.74) is -1.10. The van der Waals surface area contributed by atoms with E-state index in [1.807, 2.05) is 9.80 Å². The van der Waals surface area contributed by atoms with Crippen LogP contribution in [0, 0.1) is 0 Å². The Balaban J connectivity index is 1.41. The van der Waals surface area contributed by atoms with Crippen LogP contribution in [0.25, 0.3) is 0 Å². The molecular weight excluding hydrogens is 423 g/mol. The summed E-state index contributed by atoms with van der Waals surface area (Å²) in [6, 6.07) is 5.51. The molecule has 178 valence electrons. The summed E-state index contributed by atoms with van der Waals surface area (Å²) < 4.78 is 39.3. The SMILES string of the molecule is CN(C)C1CCN(CC(=O)N2CCN(CC(=O)Nc3ccccc3C(F)(F)F)CC2)CC1. The van der Waals surface area contributed by atoms with Crippen molar-refractivity contribution in [2.24, 2.45) is 0 Å². The van der Waals surface area contributed by atoms with E-state index in [1.54, 1.807) is 0 Å². The molecular formula is C22H32F3N5O2. The van der Waals surface area contributed by atoms with Crippen molar-refractivity contribution in [3.63, 3.8) is 0 Å². The zero-order valence-electron chi connectivity index (χ0n) is 18.7. The van der Waals surface area contributed by atoms with Crippen LogP contribution in [-0.4, -0.2) is 104 Å². The van der Waals surface area contributed by atoms with Crippen LogP contribution in [0.5, 0.6) is 0 Å². The van der Waals surface area contributed by atoms with Crippen LogP contribution in [0.15, 0.2) is 24.3 Å². The first-order chi connectivity index (χ1) is 15.1. The van der Waals surface area contributed by atoms with Crippen molar-refractivity contribution >= 4 is 17.5 Å². The number of halogens is 3. The van der Waals surface area contributed by atoms with E-state index in [4.69, 9.17) is 0 Å². The Bertz CT molecular complexity index is 786. The highest BCUT2D eigenvalue weighted by atomic mass is 19.4. The molecule has 10 heteroatoms. The van der Waals surface area contributed by atoms with E-state index in [0.29, 0.717) is 38.8 Å². The lowest BCUT2D eigenvalue weighted by Crippen LogP contribution is -2.53.